The quantitative estimate of drug-likeness (QED) is 0.808. The molecule has 0 spiro atoms. The Bertz CT molecular complexity index is 728. The van der Waals surface area contributed by atoms with Gasteiger partial charge in [-0.15, -0.1) is 0 Å². The molecule has 3 nitrogen and oxygen atoms in total. The number of aryl methyl sites for hydroxylation is 2. The number of fused-ring (bicyclic) bond motifs is 1. The highest BCUT2D eigenvalue weighted by atomic mass is 16.5. The molecule has 0 radical (unpaired) electrons. The van der Waals surface area contributed by atoms with E-state index < -0.39 is 0 Å². The average molecular weight is 277 g/mol. The minimum Gasteiger partial charge on any atom is -0.457 e. The smallest absolute Gasteiger partial charge is 0.338 e. The molecule has 1 aliphatic rings. The summed E-state index contributed by atoms with van der Waals surface area (Å²) in [6.45, 7) is 0.186. The Hall–Kier alpha value is -2.60. The van der Waals surface area contributed by atoms with Crippen molar-refractivity contribution in [2.75, 3.05) is 0 Å². The van der Waals surface area contributed by atoms with E-state index in [0.717, 1.165) is 24.8 Å². The van der Waals surface area contributed by atoms with E-state index in [1.165, 1.54) is 11.1 Å². The highest BCUT2D eigenvalue weighted by molar-refractivity contribution is 5.89. The van der Waals surface area contributed by atoms with Crippen LogP contribution in [0.3, 0.4) is 0 Å². The Labute approximate surface area is 123 Å². The molecule has 0 N–H and O–H groups in total. The fraction of sp³-hybridized carbons (Fsp3) is 0.222. The number of carbonyl (C=O) groups excluding carboxylic acids is 1. The van der Waals surface area contributed by atoms with E-state index in [2.05, 4.69) is 6.07 Å². The van der Waals surface area contributed by atoms with Crippen molar-refractivity contribution >= 4 is 5.97 Å². The molecule has 2 aromatic carbocycles. The van der Waals surface area contributed by atoms with Crippen LogP contribution in [0.1, 0.15) is 39.0 Å². The molecule has 0 atom stereocenters. The summed E-state index contributed by atoms with van der Waals surface area (Å²) >= 11 is 0. The molecule has 0 heterocycles. The monoisotopic (exact) mass is 277 g/mol. The highest BCUT2D eigenvalue weighted by Gasteiger charge is 2.14. The van der Waals surface area contributed by atoms with Gasteiger partial charge in [-0.2, -0.15) is 5.26 Å². The van der Waals surface area contributed by atoms with Crippen molar-refractivity contribution in [3.8, 4) is 6.07 Å². The zero-order chi connectivity index (χ0) is 14.7. The summed E-state index contributed by atoms with van der Waals surface area (Å²) in [5, 5.41) is 8.85. The molecule has 104 valence electrons. The maximum atomic E-state index is 12.1. The first kappa shape index (κ1) is 13.4. The van der Waals surface area contributed by atoms with Gasteiger partial charge in [0.2, 0.25) is 0 Å². The fourth-order valence-electron chi connectivity index (χ4n) is 2.66. The number of ether oxygens (including phenoxy) is 1. The van der Waals surface area contributed by atoms with Crippen molar-refractivity contribution in [3.63, 3.8) is 0 Å². The lowest BCUT2D eigenvalue weighted by Crippen LogP contribution is -2.06. The Morgan fingerprint density at radius 3 is 2.86 bits per heavy atom. The van der Waals surface area contributed by atoms with Crippen LogP contribution in [0.25, 0.3) is 0 Å². The topological polar surface area (TPSA) is 50.1 Å². The Morgan fingerprint density at radius 2 is 2.00 bits per heavy atom. The normalized spacial score (nSPS) is 12.5. The number of nitriles is 1. The molecule has 21 heavy (non-hydrogen) atoms. The maximum Gasteiger partial charge on any atom is 0.338 e. The lowest BCUT2D eigenvalue weighted by Gasteiger charge is -2.07. The Kier molecular flexibility index (Phi) is 3.70. The molecule has 0 aromatic heterocycles. The number of nitrogens with zero attached hydrogens (tertiary/aromatic N) is 1. The van der Waals surface area contributed by atoms with Gasteiger partial charge in [0.1, 0.15) is 6.61 Å². The largest absolute Gasteiger partial charge is 0.457 e. The van der Waals surface area contributed by atoms with Crippen LogP contribution in [-0.2, 0) is 24.2 Å². The van der Waals surface area contributed by atoms with E-state index in [1.54, 1.807) is 18.2 Å². The van der Waals surface area contributed by atoms with Gasteiger partial charge in [-0.1, -0.05) is 18.2 Å². The lowest BCUT2D eigenvalue weighted by atomic mass is 10.1. The molecule has 0 saturated carbocycles. The van der Waals surface area contributed by atoms with Crippen molar-refractivity contribution in [1.29, 1.82) is 5.26 Å². The first-order valence-electron chi connectivity index (χ1n) is 7.04. The van der Waals surface area contributed by atoms with Gasteiger partial charge < -0.3 is 4.74 Å². The van der Waals surface area contributed by atoms with Gasteiger partial charge >= 0.3 is 5.97 Å². The van der Waals surface area contributed by atoms with Crippen molar-refractivity contribution < 1.29 is 9.53 Å². The van der Waals surface area contributed by atoms with E-state index in [-0.39, 0.29) is 12.6 Å². The summed E-state index contributed by atoms with van der Waals surface area (Å²) in [6, 6.07) is 15.0. The van der Waals surface area contributed by atoms with Crippen LogP contribution < -0.4 is 0 Å². The predicted octanol–water partition coefficient (Wildman–Crippen LogP) is 3.40. The molecule has 0 saturated heterocycles. The van der Waals surface area contributed by atoms with E-state index in [0.29, 0.717) is 11.1 Å². The van der Waals surface area contributed by atoms with Crippen molar-refractivity contribution in [3.05, 3.63) is 70.3 Å². The summed E-state index contributed by atoms with van der Waals surface area (Å²) in [5.74, 6) is -0.313. The lowest BCUT2D eigenvalue weighted by molar-refractivity contribution is 0.0472. The SMILES string of the molecule is N#Cc1cccc(COC(=O)c2ccc3c(c2)CCC3)c1. The van der Waals surface area contributed by atoms with Crippen LogP contribution in [0, 0.1) is 11.3 Å². The van der Waals surface area contributed by atoms with Crippen LogP contribution in [0.5, 0.6) is 0 Å². The van der Waals surface area contributed by atoms with Crippen molar-refractivity contribution in [2.45, 2.75) is 25.9 Å². The minimum atomic E-state index is -0.313. The first-order chi connectivity index (χ1) is 10.3. The molecule has 1 aliphatic carbocycles. The summed E-state index contributed by atoms with van der Waals surface area (Å²) in [5.41, 5.74) is 4.60. The van der Waals surface area contributed by atoms with E-state index >= 15 is 0 Å². The highest BCUT2D eigenvalue weighted by Crippen LogP contribution is 2.23. The van der Waals surface area contributed by atoms with Crippen molar-refractivity contribution in [1.82, 2.24) is 0 Å². The molecule has 0 fully saturated rings. The molecule has 0 bridgehead atoms. The molecular weight excluding hydrogens is 262 g/mol. The second kappa shape index (κ2) is 5.80. The average Bonchev–Trinajstić information content (AvgIpc) is 3.00. The second-order valence-electron chi connectivity index (χ2n) is 5.23. The van der Waals surface area contributed by atoms with Crippen LogP contribution in [0.4, 0.5) is 0 Å². The Balaban J connectivity index is 1.68. The van der Waals surface area contributed by atoms with Crippen molar-refractivity contribution in [2.24, 2.45) is 0 Å². The molecule has 0 aliphatic heterocycles. The summed E-state index contributed by atoms with van der Waals surface area (Å²) in [4.78, 5) is 12.1. The van der Waals surface area contributed by atoms with Gasteiger partial charge in [0.05, 0.1) is 17.2 Å². The Morgan fingerprint density at radius 1 is 1.14 bits per heavy atom. The van der Waals surface area contributed by atoms with Crippen LogP contribution in [0.15, 0.2) is 42.5 Å². The summed E-state index contributed by atoms with van der Waals surface area (Å²) in [7, 11) is 0. The number of esters is 1. The zero-order valence-electron chi connectivity index (χ0n) is 11.6. The first-order valence-corrected chi connectivity index (χ1v) is 7.04. The van der Waals surface area contributed by atoms with E-state index in [9.17, 15) is 4.79 Å². The third kappa shape index (κ3) is 2.95. The second-order valence-corrected chi connectivity index (χ2v) is 5.23. The molecule has 3 rings (SSSR count). The predicted molar refractivity (Wildman–Crippen MR) is 78.7 cm³/mol. The minimum absolute atomic E-state index is 0.186. The molecular formula is C18H15NO2. The number of hydrogen-bond donors (Lipinski definition) is 0. The third-order valence-corrected chi connectivity index (χ3v) is 3.76. The summed E-state index contributed by atoms with van der Waals surface area (Å²) < 4.78 is 5.33. The van der Waals surface area contributed by atoms with Gasteiger partial charge in [0, 0.05) is 0 Å². The van der Waals surface area contributed by atoms with Gasteiger partial charge in [0.15, 0.2) is 0 Å². The number of carbonyl (C=O) groups is 1. The van der Waals surface area contributed by atoms with Crippen LogP contribution in [-0.4, -0.2) is 5.97 Å². The molecule has 2 aromatic rings. The van der Waals surface area contributed by atoms with Gasteiger partial charge in [0.25, 0.3) is 0 Å². The van der Waals surface area contributed by atoms with Gasteiger partial charge in [-0.05, 0) is 60.2 Å². The molecule has 3 heteroatoms. The number of benzene rings is 2. The van der Waals surface area contributed by atoms with Crippen LogP contribution >= 0.6 is 0 Å². The van der Waals surface area contributed by atoms with Gasteiger partial charge in [-0.3, -0.25) is 0 Å². The number of hydrogen-bond acceptors (Lipinski definition) is 3. The molecule has 0 amide bonds. The van der Waals surface area contributed by atoms with E-state index in [1.807, 2.05) is 24.3 Å². The fourth-order valence-corrected chi connectivity index (χ4v) is 2.66. The zero-order valence-corrected chi connectivity index (χ0v) is 11.6. The standard InChI is InChI=1S/C18H15NO2/c19-11-13-3-1-4-14(9-13)12-21-18(20)17-8-7-15-5-2-6-16(15)10-17/h1,3-4,7-10H,2,5-6,12H2. The van der Waals surface area contributed by atoms with Crippen LogP contribution in [0.2, 0.25) is 0 Å². The van der Waals surface area contributed by atoms with Gasteiger partial charge in [-0.25, -0.2) is 4.79 Å². The number of rotatable bonds is 3. The van der Waals surface area contributed by atoms with E-state index in [4.69, 9.17) is 10.00 Å². The maximum absolute atomic E-state index is 12.1. The summed E-state index contributed by atoms with van der Waals surface area (Å²) in [6.07, 6.45) is 3.31. The molecule has 0 unspecified atom stereocenters. The third-order valence-electron chi connectivity index (χ3n) is 3.76.